The van der Waals surface area contributed by atoms with Crippen LogP contribution in [0, 0.1) is 5.82 Å². The maximum Gasteiger partial charge on any atom is 0.238 e. The van der Waals surface area contributed by atoms with Gasteiger partial charge in [0, 0.05) is 10.7 Å². The van der Waals surface area contributed by atoms with Gasteiger partial charge in [-0.15, -0.1) is 11.8 Å². The molecule has 148 valence electrons. The van der Waals surface area contributed by atoms with E-state index in [0.29, 0.717) is 23.1 Å². The molecule has 1 saturated heterocycles. The Morgan fingerprint density at radius 3 is 2.52 bits per heavy atom. The Kier molecular flexibility index (Phi) is 6.13. The predicted molar refractivity (Wildman–Crippen MR) is 119 cm³/mol. The summed E-state index contributed by atoms with van der Waals surface area (Å²) in [6.07, 6.45) is 0. The van der Waals surface area contributed by atoms with Gasteiger partial charge >= 0.3 is 0 Å². The van der Waals surface area contributed by atoms with Crippen LogP contribution in [-0.2, 0) is 11.4 Å². The number of carbonyl (C=O) groups is 1. The summed E-state index contributed by atoms with van der Waals surface area (Å²) in [5, 5.41) is 0.515. The van der Waals surface area contributed by atoms with Gasteiger partial charge in [-0.25, -0.2) is 4.39 Å². The van der Waals surface area contributed by atoms with Crippen molar-refractivity contribution < 1.29 is 13.9 Å². The zero-order chi connectivity index (χ0) is 20.4. The van der Waals surface area contributed by atoms with E-state index in [4.69, 9.17) is 16.3 Å². The summed E-state index contributed by atoms with van der Waals surface area (Å²) in [6.45, 7) is 0.339. The Morgan fingerprint density at radius 1 is 1.10 bits per heavy atom. The van der Waals surface area contributed by atoms with Crippen LogP contribution in [0.4, 0.5) is 10.1 Å². The first-order valence-corrected chi connectivity index (χ1v) is 11.1. The fourth-order valence-electron chi connectivity index (χ4n) is 3.08. The zero-order valence-corrected chi connectivity index (χ0v) is 18.3. The molecule has 3 aromatic rings. The molecular weight excluding hydrogens is 477 g/mol. The fraction of sp³-hybridized carbons (Fsp3) is 0.136. The van der Waals surface area contributed by atoms with Crippen molar-refractivity contribution in [1.82, 2.24) is 0 Å². The molecule has 0 bridgehead atoms. The highest BCUT2D eigenvalue weighted by molar-refractivity contribution is 9.10. The molecule has 0 aliphatic carbocycles. The van der Waals surface area contributed by atoms with Crippen molar-refractivity contribution >= 4 is 50.9 Å². The predicted octanol–water partition coefficient (Wildman–Crippen LogP) is 6.60. The van der Waals surface area contributed by atoms with Crippen LogP contribution in [-0.4, -0.2) is 11.7 Å². The Labute approximate surface area is 185 Å². The number of ether oxygens (including phenoxy) is 1. The lowest BCUT2D eigenvalue weighted by molar-refractivity contribution is -0.115. The number of anilines is 1. The van der Waals surface area contributed by atoms with E-state index in [-0.39, 0.29) is 17.1 Å². The van der Waals surface area contributed by atoms with E-state index in [2.05, 4.69) is 15.9 Å². The van der Waals surface area contributed by atoms with Crippen LogP contribution in [0.3, 0.4) is 0 Å². The monoisotopic (exact) mass is 491 g/mol. The summed E-state index contributed by atoms with van der Waals surface area (Å²) >= 11 is 11.1. The fourth-order valence-corrected chi connectivity index (χ4v) is 4.88. The number of thioether (sulfide) groups is 1. The van der Waals surface area contributed by atoms with Crippen molar-refractivity contribution in [2.24, 2.45) is 0 Å². The lowest BCUT2D eigenvalue weighted by Crippen LogP contribution is -2.27. The summed E-state index contributed by atoms with van der Waals surface area (Å²) in [6, 6.07) is 19.3. The highest BCUT2D eigenvalue weighted by atomic mass is 79.9. The standard InChI is InChI=1S/C22H16BrClFNO2S/c23-19-11-15(3-10-20(19)28-12-14-1-6-17(25)7-2-14)22-26(21(27)13-29-22)18-8-4-16(24)5-9-18/h1-11,22H,12-13H2/t22-/m1/s1. The quantitative estimate of drug-likeness (QED) is 0.402. The van der Waals surface area contributed by atoms with Gasteiger partial charge in [0.25, 0.3) is 0 Å². The molecule has 1 aliphatic rings. The molecule has 1 amide bonds. The summed E-state index contributed by atoms with van der Waals surface area (Å²) in [5.41, 5.74) is 2.70. The highest BCUT2D eigenvalue weighted by Gasteiger charge is 2.34. The zero-order valence-electron chi connectivity index (χ0n) is 15.1. The normalized spacial score (nSPS) is 16.3. The van der Waals surface area contributed by atoms with Gasteiger partial charge in [-0.05, 0) is 75.6 Å². The molecule has 7 heteroatoms. The lowest BCUT2D eigenvalue weighted by atomic mass is 10.1. The molecule has 4 rings (SSSR count). The number of benzene rings is 3. The van der Waals surface area contributed by atoms with Crippen LogP contribution in [0.15, 0.2) is 71.2 Å². The molecule has 0 N–H and O–H groups in total. The van der Waals surface area contributed by atoms with Gasteiger partial charge in [0.15, 0.2) is 0 Å². The van der Waals surface area contributed by atoms with Crippen molar-refractivity contribution in [3.8, 4) is 5.75 Å². The maximum atomic E-state index is 13.0. The van der Waals surface area contributed by atoms with Crippen LogP contribution in [0.1, 0.15) is 16.5 Å². The van der Waals surface area contributed by atoms with E-state index >= 15 is 0 Å². The van der Waals surface area contributed by atoms with Gasteiger partial charge < -0.3 is 4.74 Å². The second-order valence-electron chi connectivity index (χ2n) is 6.51. The Hall–Kier alpha value is -2.02. The van der Waals surface area contributed by atoms with E-state index in [1.807, 2.05) is 30.3 Å². The molecule has 0 aromatic heterocycles. The largest absolute Gasteiger partial charge is 0.488 e. The van der Waals surface area contributed by atoms with E-state index in [1.165, 1.54) is 12.1 Å². The van der Waals surface area contributed by atoms with Crippen molar-refractivity contribution in [3.05, 3.63) is 93.2 Å². The molecule has 29 heavy (non-hydrogen) atoms. The minimum Gasteiger partial charge on any atom is -0.488 e. The molecular formula is C22H16BrClFNO2S. The van der Waals surface area contributed by atoms with Crippen LogP contribution in [0.2, 0.25) is 5.02 Å². The Morgan fingerprint density at radius 2 is 1.83 bits per heavy atom. The Bertz CT molecular complexity index is 1030. The van der Waals surface area contributed by atoms with E-state index < -0.39 is 0 Å². The molecule has 0 spiro atoms. The molecule has 1 heterocycles. The number of halogens is 3. The van der Waals surface area contributed by atoms with E-state index in [0.717, 1.165) is 21.3 Å². The van der Waals surface area contributed by atoms with Crippen molar-refractivity contribution in [2.45, 2.75) is 12.0 Å². The first kappa shape index (κ1) is 20.3. The van der Waals surface area contributed by atoms with Crippen LogP contribution in [0.5, 0.6) is 5.75 Å². The summed E-state index contributed by atoms with van der Waals surface area (Å²) < 4.78 is 19.7. The van der Waals surface area contributed by atoms with E-state index in [1.54, 1.807) is 40.9 Å². The molecule has 0 saturated carbocycles. The molecule has 1 aliphatic heterocycles. The molecule has 1 atom stereocenters. The average Bonchev–Trinajstić information content (AvgIpc) is 3.10. The number of hydrogen-bond acceptors (Lipinski definition) is 3. The van der Waals surface area contributed by atoms with Crippen molar-refractivity contribution in [3.63, 3.8) is 0 Å². The number of nitrogens with zero attached hydrogens (tertiary/aromatic N) is 1. The third-order valence-electron chi connectivity index (χ3n) is 4.52. The smallest absolute Gasteiger partial charge is 0.238 e. The highest BCUT2D eigenvalue weighted by Crippen LogP contribution is 2.43. The molecule has 0 unspecified atom stereocenters. The van der Waals surface area contributed by atoms with Gasteiger partial charge in [0.1, 0.15) is 23.5 Å². The minimum absolute atomic E-state index is 0.0649. The van der Waals surface area contributed by atoms with Crippen molar-refractivity contribution in [1.29, 1.82) is 0 Å². The minimum atomic E-state index is -0.270. The van der Waals surface area contributed by atoms with Crippen molar-refractivity contribution in [2.75, 3.05) is 10.7 Å². The molecule has 3 aromatic carbocycles. The SMILES string of the molecule is O=C1CS[C@H](c2ccc(OCc3ccc(F)cc3)c(Br)c2)N1c1ccc(Cl)cc1. The van der Waals surface area contributed by atoms with Crippen LogP contribution in [0.25, 0.3) is 0 Å². The summed E-state index contributed by atoms with van der Waals surface area (Å²) in [7, 11) is 0. The van der Waals surface area contributed by atoms with Gasteiger partial charge in [0.2, 0.25) is 5.91 Å². The van der Waals surface area contributed by atoms with Gasteiger partial charge in [-0.2, -0.15) is 0 Å². The second-order valence-corrected chi connectivity index (χ2v) is 8.87. The van der Waals surface area contributed by atoms with Gasteiger partial charge in [-0.1, -0.05) is 29.8 Å². The van der Waals surface area contributed by atoms with Crippen LogP contribution >= 0.6 is 39.3 Å². The van der Waals surface area contributed by atoms with Gasteiger partial charge in [-0.3, -0.25) is 9.69 Å². The third kappa shape index (κ3) is 4.60. The first-order chi connectivity index (χ1) is 14.0. The number of amides is 1. The third-order valence-corrected chi connectivity index (χ3v) is 6.61. The lowest BCUT2D eigenvalue weighted by Gasteiger charge is -2.25. The molecule has 3 nitrogen and oxygen atoms in total. The molecule has 1 fully saturated rings. The maximum absolute atomic E-state index is 13.0. The molecule has 0 radical (unpaired) electrons. The summed E-state index contributed by atoms with van der Waals surface area (Å²) in [4.78, 5) is 14.3. The topological polar surface area (TPSA) is 29.5 Å². The summed E-state index contributed by atoms with van der Waals surface area (Å²) in [5.74, 6) is 0.905. The van der Waals surface area contributed by atoms with E-state index in [9.17, 15) is 9.18 Å². The number of rotatable bonds is 5. The average molecular weight is 493 g/mol. The number of carbonyl (C=O) groups excluding carboxylic acids is 1. The Balaban J connectivity index is 1.52. The second kappa shape index (κ2) is 8.78. The van der Waals surface area contributed by atoms with Crippen LogP contribution < -0.4 is 9.64 Å². The number of hydrogen-bond donors (Lipinski definition) is 0. The first-order valence-electron chi connectivity index (χ1n) is 8.87. The van der Waals surface area contributed by atoms with Gasteiger partial charge in [0.05, 0.1) is 10.2 Å².